The molecule has 1 N–H and O–H groups in total. The molecule has 0 radical (unpaired) electrons. The molecule has 17 heavy (non-hydrogen) atoms. The van der Waals surface area contributed by atoms with Crippen LogP contribution in [0.3, 0.4) is 0 Å². The van der Waals surface area contributed by atoms with Gasteiger partial charge in [-0.2, -0.15) is 0 Å². The molecule has 0 spiro atoms. The molecule has 0 bridgehead atoms. The van der Waals surface area contributed by atoms with Crippen molar-refractivity contribution >= 4 is 5.91 Å². The summed E-state index contributed by atoms with van der Waals surface area (Å²) in [5, 5.41) is 3.22. The quantitative estimate of drug-likeness (QED) is 0.803. The smallest absolute Gasteiger partial charge is 0.223 e. The summed E-state index contributed by atoms with van der Waals surface area (Å²) in [7, 11) is 0. The number of ether oxygens (including phenoxy) is 1. The first kappa shape index (κ1) is 14.5. The van der Waals surface area contributed by atoms with E-state index in [1.807, 2.05) is 27.7 Å². The van der Waals surface area contributed by atoms with Gasteiger partial charge in [0.1, 0.15) is 0 Å². The predicted octanol–water partition coefficient (Wildman–Crippen LogP) is 2.89. The highest BCUT2D eigenvalue weighted by atomic mass is 16.5. The Morgan fingerprint density at radius 1 is 1.18 bits per heavy atom. The van der Waals surface area contributed by atoms with Crippen molar-refractivity contribution in [1.82, 2.24) is 5.32 Å². The largest absolute Gasteiger partial charge is 0.376 e. The van der Waals surface area contributed by atoms with Crippen LogP contribution in [0.4, 0.5) is 0 Å². The van der Waals surface area contributed by atoms with Crippen LogP contribution in [0.25, 0.3) is 0 Å². The van der Waals surface area contributed by atoms with Gasteiger partial charge in [0, 0.05) is 5.92 Å². The zero-order valence-electron chi connectivity index (χ0n) is 11.7. The lowest BCUT2D eigenvalue weighted by Crippen LogP contribution is -2.54. The minimum Gasteiger partial charge on any atom is -0.376 e. The molecule has 0 atom stereocenters. The molecule has 3 nitrogen and oxygen atoms in total. The van der Waals surface area contributed by atoms with Crippen LogP contribution in [0.15, 0.2) is 0 Å². The van der Waals surface area contributed by atoms with Gasteiger partial charge in [0.2, 0.25) is 5.91 Å². The summed E-state index contributed by atoms with van der Waals surface area (Å²) in [5.74, 6) is 0.201. The topological polar surface area (TPSA) is 38.3 Å². The minimum atomic E-state index is -0.107. The van der Waals surface area contributed by atoms with E-state index in [0.29, 0.717) is 6.61 Å². The summed E-state index contributed by atoms with van der Waals surface area (Å²) in [6.45, 7) is 8.62. The van der Waals surface area contributed by atoms with Crippen LogP contribution in [-0.4, -0.2) is 24.2 Å². The van der Waals surface area contributed by atoms with Crippen LogP contribution in [0.5, 0.6) is 0 Å². The van der Waals surface area contributed by atoms with Crippen molar-refractivity contribution in [1.29, 1.82) is 0 Å². The lowest BCUT2D eigenvalue weighted by Gasteiger charge is -2.39. The maximum atomic E-state index is 11.9. The average Bonchev–Trinajstić information content (AvgIpc) is 2.27. The van der Waals surface area contributed by atoms with Gasteiger partial charge >= 0.3 is 0 Å². The molecule has 0 unspecified atom stereocenters. The van der Waals surface area contributed by atoms with Gasteiger partial charge in [-0.05, 0) is 26.7 Å². The summed E-state index contributed by atoms with van der Waals surface area (Å²) < 4.78 is 5.75. The lowest BCUT2D eigenvalue weighted by molar-refractivity contribution is -0.128. The van der Waals surface area contributed by atoms with Crippen LogP contribution in [-0.2, 0) is 9.53 Å². The normalized spacial score (nSPS) is 19.6. The molecule has 1 saturated carbocycles. The van der Waals surface area contributed by atoms with Gasteiger partial charge in [-0.25, -0.2) is 0 Å². The number of rotatable bonds is 5. The second-order valence-electron chi connectivity index (χ2n) is 5.84. The van der Waals surface area contributed by atoms with Crippen LogP contribution in [0.1, 0.15) is 59.8 Å². The molecule has 0 aromatic carbocycles. The Kier molecular flexibility index (Phi) is 5.44. The fourth-order valence-electron chi connectivity index (χ4n) is 2.27. The lowest BCUT2D eigenvalue weighted by atomic mass is 9.82. The third-order valence-corrected chi connectivity index (χ3v) is 3.42. The number of hydrogen-bond donors (Lipinski definition) is 1. The first-order valence-electron chi connectivity index (χ1n) is 6.89. The van der Waals surface area contributed by atoms with Crippen molar-refractivity contribution in [2.45, 2.75) is 71.4 Å². The molecule has 100 valence electrons. The Bertz CT molecular complexity index is 243. The summed E-state index contributed by atoms with van der Waals surface area (Å²) >= 11 is 0. The molecule has 1 fully saturated rings. The van der Waals surface area contributed by atoms with Crippen molar-refractivity contribution < 1.29 is 9.53 Å². The molecule has 0 aliphatic heterocycles. The van der Waals surface area contributed by atoms with E-state index in [2.05, 4.69) is 5.32 Å². The zero-order chi connectivity index (χ0) is 12.9. The standard InChI is InChI=1S/C14H27NO2/c1-11(2)13(16)15-14(10-17-12(3)4)8-6-5-7-9-14/h11-12H,5-10H2,1-4H3,(H,15,16). The highest BCUT2D eigenvalue weighted by Gasteiger charge is 2.34. The van der Waals surface area contributed by atoms with Crippen molar-refractivity contribution in [3.05, 3.63) is 0 Å². The van der Waals surface area contributed by atoms with E-state index in [1.165, 1.54) is 19.3 Å². The van der Waals surface area contributed by atoms with E-state index in [9.17, 15) is 4.79 Å². The van der Waals surface area contributed by atoms with Gasteiger partial charge < -0.3 is 10.1 Å². The number of carbonyl (C=O) groups is 1. The molecule has 1 amide bonds. The number of amides is 1. The summed E-state index contributed by atoms with van der Waals surface area (Å²) in [4.78, 5) is 11.9. The SMILES string of the molecule is CC(C)OCC1(NC(=O)C(C)C)CCCCC1. The molecule has 3 heteroatoms. The predicted molar refractivity (Wildman–Crippen MR) is 69.9 cm³/mol. The fourth-order valence-corrected chi connectivity index (χ4v) is 2.27. The number of nitrogens with one attached hydrogen (secondary N) is 1. The minimum absolute atomic E-state index is 0.0489. The third-order valence-electron chi connectivity index (χ3n) is 3.42. The Labute approximate surface area is 105 Å². The number of carbonyl (C=O) groups excluding carboxylic acids is 1. The van der Waals surface area contributed by atoms with Crippen LogP contribution >= 0.6 is 0 Å². The zero-order valence-corrected chi connectivity index (χ0v) is 11.7. The monoisotopic (exact) mass is 241 g/mol. The molecule has 1 rings (SSSR count). The fraction of sp³-hybridized carbons (Fsp3) is 0.929. The van der Waals surface area contributed by atoms with Gasteiger partial charge in [0.15, 0.2) is 0 Å². The Hall–Kier alpha value is -0.570. The summed E-state index contributed by atoms with van der Waals surface area (Å²) in [6, 6.07) is 0. The van der Waals surface area contributed by atoms with E-state index >= 15 is 0 Å². The van der Waals surface area contributed by atoms with E-state index in [-0.39, 0.29) is 23.5 Å². The van der Waals surface area contributed by atoms with E-state index in [4.69, 9.17) is 4.74 Å². The molecule has 0 aromatic heterocycles. The molecule has 0 saturated heterocycles. The Morgan fingerprint density at radius 2 is 1.76 bits per heavy atom. The second kappa shape index (κ2) is 6.39. The van der Waals surface area contributed by atoms with Gasteiger partial charge in [-0.1, -0.05) is 33.1 Å². The Morgan fingerprint density at radius 3 is 2.24 bits per heavy atom. The van der Waals surface area contributed by atoms with Crippen LogP contribution < -0.4 is 5.32 Å². The van der Waals surface area contributed by atoms with E-state index < -0.39 is 0 Å². The average molecular weight is 241 g/mol. The molecular formula is C14H27NO2. The summed E-state index contributed by atoms with van der Waals surface area (Å²) in [6.07, 6.45) is 6.00. The first-order chi connectivity index (χ1) is 7.95. The Balaban J connectivity index is 2.61. The molecular weight excluding hydrogens is 214 g/mol. The van der Waals surface area contributed by atoms with Gasteiger partial charge in [0.25, 0.3) is 0 Å². The van der Waals surface area contributed by atoms with Crippen molar-refractivity contribution in [2.75, 3.05) is 6.61 Å². The molecule has 0 heterocycles. The second-order valence-corrected chi connectivity index (χ2v) is 5.84. The first-order valence-corrected chi connectivity index (χ1v) is 6.89. The highest BCUT2D eigenvalue weighted by Crippen LogP contribution is 2.29. The summed E-state index contributed by atoms with van der Waals surface area (Å²) in [5.41, 5.74) is -0.107. The molecule has 1 aliphatic carbocycles. The van der Waals surface area contributed by atoms with Gasteiger partial charge in [-0.3, -0.25) is 4.79 Å². The highest BCUT2D eigenvalue weighted by molar-refractivity contribution is 5.78. The maximum Gasteiger partial charge on any atom is 0.223 e. The van der Waals surface area contributed by atoms with Crippen molar-refractivity contribution in [3.8, 4) is 0 Å². The maximum absolute atomic E-state index is 11.9. The molecule has 0 aromatic rings. The van der Waals surface area contributed by atoms with Crippen LogP contribution in [0.2, 0.25) is 0 Å². The van der Waals surface area contributed by atoms with Crippen molar-refractivity contribution in [2.24, 2.45) is 5.92 Å². The van der Waals surface area contributed by atoms with Crippen LogP contribution in [0, 0.1) is 5.92 Å². The van der Waals surface area contributed by atoms with Crippen molar-refractivity contribution in [3.63, 3.8) is 0 Å². The van der Waals surface area contributed by atoms with Gasteiger partial charge in [0.05, 0.1) is 18.2 Å². The van der Waals surface area contributed by atoms with Gasteiger partial charge in [-0.15, -0.1) is 0 Å². The third kappa shape index (κ3) is 4.66. The molecule has 1 aliphatic rings. The van der Waals surface area contributed by atoms with E-state index in [1.54, 1.807) is 0 Å². The number of hydrogen-bond acceptors (Lipinski definition) is 2. The van der Waals surface area contributed by atoms with E-state index in [0.717, 1.165) is 12.8 Å².